The van der Waals surface area contributed by atoms with E-state index in [0.717, 1.165) is 18.4 Å². The van der Waals surface area contributed by atoms with E-state index in [1.54, 1.807) is 24.3 Å². The standard InChI is InChI=1S/C29H31N3O6S/c1-37-25-14-13-22(19-27(25)39(35,36)31-17-7-8-18-31)29(34)32-20-26(38-24-12-6-5-11-23(24)32)28(33)30-16-15-21-9-3-2-4-10-21/h2-6,9-14,19,26H,7-8,15-18,20H2,1H3,(H,30,33)/t26-/m1/s1. The maximum absolute atomic E-state index is 13.8. The molecule has 2 aliphatic rings. The number of hydrogen-bond acceptors (Lipinski definition) is 6. The van der Waals surface area contributed by atoms with Crippen molar-refractivity contribution in [3.63, 3.8) is 0 Å². The number of carbonyl (C=O) groups excluding carboxylic acids is 2. The monoisotopic (exact) mass is 549 g/mol. The van der Waals surface area contributed by atoms with Crippen LogP contribution in [0.4, 0.5) is 5.69 Å². The van der Waals surface area contributed by atoms with Crippen molar-refractivity contribution in [2.24, 2.45) is 0 Å². The van der Waals surface area contributed by atoms with Crippen molar-refractivity contribution in [1.82, 2.24) is 9.62 Å². The number of carbonyl (C=O) groups is 2. The van der Waals surface area contributed by atoms with Crippen molar-refractivity contribution >= 4 is 27.5 Å². The maximum atomic E-state index is 13.8. The quantitative estimate of drug-likeness (QED) is 0.463. The van der Waals surface area contributed by atoms with Crippen molar-refractivity contribution in [3.05, 3.63) is 83.9 Å². The molecule has 0 saturated carbocycles. The average molecular weight is 550 g/mol. The first-order valence-electron chi connectivity index (χ1n) is 13.0. The lowest BCUT2D eigenvalue weighted by Crippen LogP contribution is -2.51. The fourth-order valence-corrected chi connectivity index (χ4v) is 6.59. The van der Waals surface area contributed by atoms with E-state index in [4.69, 9.17) is 9.47 Å². The number of methoxy groups -OCH3 is 1. The number of benzene rings is 3. The minimum atomic E-state index is -3.84. The third kappa shape index (κ3) is 5.62. The molecule has 1 fully saturated rings. The zero-order valence-corrected chi connectivity index (χ0v) is 22.5. The first kappa shape index (κ1) is 26.7. The predicted octanol–water partition coefficient (Wildman–Crippen LogP) is 3.25. The van der Waals surface area contributed by atoms with Crippen LogP contribution in [0.3, 0.4) is 0 Å². The van der Waals surface area contributed by atoms with Gasteiger partial charge in [0.1, 0.15) is 16.4 Å². The van der Waals surface area contributed by atoms with Gasteiger partial charge < -0.3 is 19.7 Å². The first-order valence-corrected chi connectivity index (χ1v) is 14.4. The van der Waals surface area contributed by atoms with Crippen LogP contribution in [0.2, 0.25) is 0 Å². The van der Waals surface area contributed by atoms with E-state index in [1.165, 1.54) is 34.5 Å². The Hall–Kier alpha value is -3.89. The van der Waals surface area contributed by atoms with E-state index >= 15 is 0 Å². The lowest BCUT2D eigenvalue weighted by atomic mass is 10.1. The molecule has 2 aliphatic heterocycles. The van der Waals surface area contributed by atoms with Crippen LogP contribution >= 0.6 is 0 Å². The highest BCUT2D eigenvalue weighted by atomic mass is 32.2. The van der Waals surface area contributed by atoms with Crippen molar-refractivity contribution in [2.75, 3.05) is 38.2 Å². The number of anilines is 1. The molecule has 1 saturated heterocycles. The van der Waals surface area contributed by atoms with Crippen LogP contribution in [0.1, 0.15) is 28.8 Å². The number of hydrogen-bond donors (Lipinski definition) is 1. The Balaban J connectivity index is 1.38. The molecule has 3 aromatic carbocycles. The van der Waals surface area contributed by atoms with Gasteiger partial charge in [-0.15, -0.1) is 0 Å². The smallest absolute Gasteiger partial charge is 0.262 e. The van der Waals surface area contributed by atoms with Gasteiger partial charge in [0.25, 0.3) is 11.8 Å². The van der Waals surface area contributed by atoms with Crippen molar-refractivity contribution in [2.45, 2.75) is 30.3 Å². The molecule has 2 heterocycles. The van der Waals surface area contributed by atoms with Gasteiger partial charge in [0.05, 0.1) is 19.3 Å². The number of amides is 2. The normalized spacial score (nSPS) is 17.3. The summed E-state index contributed by atoms with van der Waals surface area (Å²) in [5.41, 5.74) is 1.79. The summed E-state index contributed by atoms with van der Waals surface area (Å²) in [7, 11) is -2.44. The first-order chi connectivity index (χ1) is 18.9. The number of nitrogens with one attached hydrogen (secondary N) is 1. The van der Waals surface area contributed by atoms with Crippen LogP contribution < -0.4 is 19.7 Å². The summed E-state index contributed by atoms with van der Waals surface area (Å²) in [5.74, 6) is -0.186. The van der Waals surface area contributed by atoms with E-state index in [-0.39, 0.29) is 28.7 Å². The number of para-hydroxylation sites is 2. The Kier molecular flexibility index (Phi) is 7.85. The summed E-state index contributed by atoms with van der Waals surface area (Å²) in [6.07, 6.45) is 1.32. The Morgan fingerprint density at radius 2 is 1.72 bits per heavy atom. The van der Waals surface area contributed by atoms with Gasteiger partial charge in [0, 0.05) is 25.2 Å². The third-order valence-corrected chi connectivity index (χ3v) is 8.88. The molecule has 0 bridgehead atoms. The molecule has 0 aliphatic carbocycles. The Labute approximate surface area is 228 Å². The molecular formula is C29H31N3O6S. The van der Waals surface area contributed by atoms with Crippen LogP contribution in [0.15, 0.2) is 77.7 Å². The second-order valence-corrected chi connectivity index (χ2v) is 11.4. The summed E-state index contributed by atoms with van der Waals surface area (Å²) >= 11 is 0. The molecule has 10 heteroatoms. The lowest BCUT2D eigenvalue weighted by molar-refractivity contribution is -0.127. The fourth-order valence-electron chi connectivity index (χ4n) is 4.89. The van der Waals surface area contributed by atoms with Gasteiger partial charge in [-0.1, -0.05) is 42.5 Å². The van der Waals surface area contributed by atoms with E-state index in [9.17, 15) is 18.0 Å². The molecule has 2 amide bonds. The minimum absolute atomic E-state index is 0.0206. The molecular weight excluding hydrogens is 518 g/mol. The second kappa shape index (κ2) is 11.5. The van der Waals surface area contributed by atoms with Crippen LogP contribution in [0.25, 0.3) is 0 Å². The lowest BCUT2D eigenvalue weighted by Gasteiger charge is -2.34. The minimum Gasteiger partial charge on any atom is -0.495 e. The molecule has 0 aromatic heterocycles. The summed E-state index contributed by atoms with van der Waals surface area (Å²) in [5, 5.41) is 2.90. The van der Waals surface area contributed by atoms with Crippen LogP contribution in [-0.2, 0) is 21.2 Å². The van der Waals surface area contributed by atoms with Gasteiger partial charge in [-0.05, 0) is 55.2 Å². The van der Waals surface area contributed by atoms with Crippen molar-refractivity contribution < 1.29 is 27.5 Å². The van der Waals surface area contributed by atoms with Gasteiger partial charge in [0.15, 0.2) is 6.10 Å². The molecule has 0 spiro atoms. The Morgan fingerprint density at radius 1 is 1.00 bits per heavy atom. The Bertz CT molecular complexity index is 1450. The molecule has 3 aromatic rings. The number of nitrogens with zero attached hydrogens (tertiary/aromatic N) is 2. The molecule has 9 nitrogen and oxygen atoms in total. The number of ether oxygens (including phenoxy) is 2. The average Bonchev–Trinajstić information content (AvgIpc) is 3.53. The summed E-state index contributed by atoms with van der Waals surface area (Å²) in [6, 6.07) is 21.2. The molecule has 5 rings (SSSR count). The maximum Gasteiger partial charge on any atom is 0.262 e. The molecule has 0 radical (unpaired) electrons. The van der Waals surface area contributed by atoms with E-state index in [2.05, 4.69) is 5.32 Å². The number of fused-ring (bicyclic) bond motifs is 1. The van der Waals surface area contributed by atoms with Gasteiger partial charge in [0.2, 0.25) is 10.0 Å². The number of rotatable bonds is 8. The zero-order chi connectivity index (χ0) is 27.4. The van der Waals surface area contributed by atoms with Crippen LogP contribution in [0, 0.1) is 0 Å². The van der Waals surface area contributed by atoms with Gasteiger partial charge in [-0.25, -0.2) is 8.42 Å². The van der Waals surface area contributed by atoms with E-state index < -0.39 is 22.0 Å². The van der Waals surface area contributed by atoms with E-state index in [0.29, 0.717) is 37.5 Å². The molecule has 1 N–H and O–H groups in total. The largest absolute Gasteiger partial charge is 0.495 e. The zero-order valence-electron chi connectivity index (χ0n) is 21.7. The third-order valence-electron chi connectivity index (χ3n) is 6.96. The van der Waals surface area contributed by atoms with Crippen LogP contribution in [0.5, 0.6) is 11.5 Å². The summed E-state index contributed by atoms with van der Waals surface area (Å²) in [6.45, 7) is 1.27. The highest BCUT2D eigenvalue weighted by Gasteiger charge is 2.36. The molecule has 39 heavy (non-hydrogen) atoms. The molecule has 0 unspecified atom stereocenters. The van der Waals surface area contributed by atoms with Crippen LogP contribution in [-0.4, -0.2) is 63.9 Å². The van der Waals surface area contributed by atoms with Crippen molar-refractivity contribution in [1.29, 1.82) is 0 Å². The molecule has 1 atom stereocenters. The van der Waals surface area contributed by atoms with E-state index in [1.807, 2.05) is 30.3 Å². The van der Waals surface area contributed by atoms with Gasteiger partial charge in [-0.3, -0.25) is 9.59 Å². The fraction of sp³-hybridized carbons (Fsp3) is 0.310. The number of sulfonamides is 1. The summed E-state index contributed by atoms with van der Waals surface area (Å²) in [4.78, 5) is 28.3. The SMILES string of the molecule is COc1ccc(C(=O)N2C[C@H](C(=O)NCCc3ccccc3)Oc3ccccc32)cc1S(=O)(=O)N1CCCC1. The predicted molar refractivity (Wildman–Crippen MR) is 147 cm³/mol. The topological polar surface area (TPSA) is 105 Å². The van der Waals surface area contributed by atoms with Gasteiger partial charge in [-0.2, -0.15) is 4.31 Å². The highest BCUT2D eigenvalue weighted by molar-refractivity contribution is 7.89. The highest BCUT2D eigenvalue weighted by Crippen LogP contribution is 2.35. The van der Waals surface area contributed by atoms with Crippen molar-refractivity contribution in [3.8, 4) is 11.5 Å². The summed E-state index contributed by atoms with van der Waals surface area (Å²) < 4.78 is 39.4. The molecule has 204 valence electrons. The second-order valence-electron chi connectivity index (χ2n) is 9.49. The Morgan fingerprint density at radius 3 is 2.46 bits per heavy atom. The van der Waals surface area contributed by atoms with Gasteiger partial charge >= 0.3 is 0 Å².